The second-order valence-electron chi connectivity index (χ2n) is 7.07. The molecule has 1 atom stereocenters. The van der Waals surface area contributed by atoms with Crippen molar-refractivity contribution < 1.29 is 21.6 Å². The molecule has 0 saturated carbocycles. The number of hydrogen-bond donors (Lipinski definition) is 2. The molecule has 0 bridgehead atoms. The van der Waals surface area contributed by atoms with Gasteiger partial charge in [0.05, 0.1) is 17.3 Å². The number of sulfone groups is 1. The number of anilines is 2. The van der Waals surface area contributed by atoms with Crippen LogP contribution in [0.25, 0.3) is 0 Å². The Kier molecular flexibility index (Phi) is 6.79. The van der Waals surface area contributed by atoms with Crippen molar-refractivity contribution >= 4 is 37.1 Å². The van der Waals surface area contributed by atoms with E-state index in [0.717, 1.165) is 5.56 Å². The van der Waals surface area contributed by atoms with E-state index in [1.807, 2.05) is 35.2 Å². The number of carbonyl (C=O) groups is 1. The van der Waals surface area contributed by atoms with Gasteiger partial charge >= 0.3 is 0 Å². The molecule has 0 radical (unpaired) electrons. The van der Waals surface area contributed by atoms with E-state index in [9.17, 15) is 21.6 Å². The number of nitrogens with one attached hydrogen (secondary N) is 2. The van der Waals surface area contributed by atoms with Crippen LogP contribution in [0.2, 0.25) is 0 Å². The lowest BCUT2D eigenvalue weighted by Crippen LogP contribution is -2.46. The predicted octanol–water partition coefficient (Wildman–Crippen LogP) is 1.86. The average Bonchev–Trinajstić information content (AvgIpc) is 2.71. The van der Waals surface area contributed by atoms with Crippen LogP contribution in [0.1, 0.15) is 18.5 Å². The van der Waals surface area contributed by atoms with Crippen molar-refractivity contribution in [2.24, 2.45) is 0 Å². The first kappa shape index (κ1) is 22.3. The minimum Gasteiger partial charge on any atom is -0.324 e. The summed E-state index contributed by atoms with van der Waals surface area (Å²) >= 11 is 0. The van der Waals surface area contributed by atoms with Gasteiger partial charge in [-0.3, -0.25) is 14.4 Å². The molecule has 162 valence electrons. The highest BCUT2D eigenvalue weighted by Gasteiger charge is 2.32. The minimum absolute atomic E-state index is 0.0237. The summed E-state index contributed by atoms with van der Waals surface area (Å²) < 4.78 is 49.4. The van der Waals surface area contributed by atoms with E-state index < -0.39 is 25.9 Å². The highest BCUT2D eigenvalue weighted by atomic mass is 32.2. The second kappa shape index (κ2) is 9.15. The third-order valence-electron chi connectivity index (χ3n) is 4.91. The first-order valence-corrected chi connectivity index (χ1v) is 13.1. The fourth-order valence-electron chi connectivity index (χ4n) is 3.23. The Labute approximate surface area is 177 Å². The molecule has 2 aromatic rings. The molecule has 2 aromatic carbocycles. The van der Waals surface area contributed by atoms with E-state index in [1.54, 1.807) is 31.2 Å². The van der Waals surface area contributed by atoms with Gasteiger partial charge in [-0.15, -0.1) is 0 Å². The average molecular weight is 452 g/mol. The van der Waals surface area contributed by atoms with Crippen LogP contribution in [0.3, 0.4) is 0 Å². The lowest BCUT2D eigenvalue weighted by Gasteiger charge is -2.33. The molecule has 1 aliphatic rings. The molecule has 0 spiro atoms. The zero-order chi connectivity index (χ0) is 21.8. The van der Waals surface area contributed by atoms with E-state index in [1.165, 1.54) is 0 Å². The van der Waals surface area contributed by atoms with Crippen molar-refractivity contribution in [1.82, 2.24) is 4.90 Å². The Morgan fingerprint density at radius 1 is 1.00 bits per heavy atom. The molecule has 2 N–H and O–H groups in total. The molecule has 1 saturated heterocycles. The topological polar surface area (TPSA) is 113 Å². The molecule has 10 heteroatoms. The van der Waals surface area contributed by atoms with Crippen LogP contribution in [0.15, 0.2) is 54.6 Å². The number of carbonyl (C=O) groups excluding carboxylic acids is 1. The number of rotatable bonds is 7. The van der Waals surface area contributed by atoms with Crippen LogP contribution in [0.5, 0.6) is 0 Å². The fourth-order valence-corrected chi connectivity index (χ4v) is 5.10. The maximum Gasteiger partial charge on any atom is 0.246 e. The number of amides is 1. The minimum atomic E-state index is -3.38. The number of benzene rings is 2. The van der Waals surface area contributed by atoms with Gasteiger partial charge in [0.25, 0.3) is 0 Å². The second-order valence-corrected chi connectivity index (χ2v) is 11.4. The van der Waals surface area contributed by atoms with Crippen molar-refractivity contribution in [3.8, 4) is 0 Å². The molecule has 0 aliphatic carbocycles. The molecule has 3 rings (SSSR count). The maximum absolute atomic E-state index is 13.1. The monoisotopic (exact) mass is 451 g/mol. The van der Waals surface area contributed by atoms with Crippen LogP contribution in [-0.4, -0.2) is 58.0 Å². The summed E-state index contributed by atoms with van der Waals surface area (Å²) in [4.78, 5) is 15.0. The quantitative estimate of drug-likeness (QED) is 0.664. The highest BCUT2D eigenvalue weighted by molar-refractivity contribution is 7.92. The van der Waals surface area contributed by atoms with E-state index in [2.05, 4.69) is 10.0 Å². The maximum atomic E-state index is 13.1. The van der Waals surface area contributed by atoms with Gasteiger partial charge in [-0.25, -0.2) is 16.8 Å². The third-order valence-corrected chi connectivity index (χ3v) is 7.83. The van der Waals surface area contributed by atoms with Gasteiger partial charge in [0, 0.05) is 24.5 Å². The van der Waals surface area contributed by atoms with Gasteiger partial charge in [0.1, 0.15) is 6.04 Å². The molecule has 8 nitrogen and oxygen atoms in total. The van der Waals surface area contributed by atoms with Crippen molar-refractivity contribution in [3.05, 3.63) is 60.2 Å². The molecule has 0 aromatic heterocycles. The van der Waals surface area contributed by atoms with Gasteiger partial charge in [0.2, 0.25) is 15.9 Å². The number of sulfonamides is 1. The summed E-state index contributed by atoms with van der Waals surface area (Å²) in [5.41, 5.74) is 1.71. The van der Waals surface area contributed by atoms with Crippen LogP contribution in [-0.2, 0) is 24.7 Å². The molecule has 1 amide bonds. The fraction of sp³-hybridized carbons (Fsp3) is 0.350. The van der Waals surface area contributed by atoms with Crippen molar-refractivity contribution in [1.29, 1.82) is 0 Å². The summed E-state index contributed by atoms with van der Waals surface area (Å²) in [7, 11) is -6.44. The van der Waals surface area contributed by atoms with E-state index in [-0.39, 0.29) is 36.3 Å². The van der Waals surface area contributed by atoms with E-state index in [0.29, 0.717) is 11.4 Å². The standard InChI is InChI=1S/C20H25N3O5S2/c1-2-30(27,28)22-18-10-8-17(9-11-18)21-20(24)19(16-6-4-3-5-7-16)23-12-14-29(25,26)15-13-23/h3-11,19,22H,2,12-15H2,1H3,(H,21,24). The normalized spacial score (nSPS) is 17.8. The molecule has 1 unspecified atom stereocenters. The van der Waals surface area contributed by atoms with Crippen molar-refractivity contribution in [2.75, 3.05) is 40.4 Å². The molecule has 1 fully saturated rings. The van der Waals surface area contributed by atoms with Gasteiger partial charge in [-0.05, 0) is 36.8 Å². The highest BCUT2D eigenvalue weighted by Crippen LogP contribution is 2.25. The van der Waals surface area contributed by atoms with Crippen LogP contribution < -0.4 is 10.0 Å². The van der Waals surface area contributed by atoms with Crippen molar-refractivity contribution in [2.45, 2.75) is 13.0 Å². The van der Waals surface area contributed by atoms with Crippen molar-refractivity contribution in [3.63, 3.8) is 0 Å². The third kappa shape index (κ3) is 5.80. The predicted molar refractivity (Wildman–Crippen MR) is 118 cm³/mol. The summed E-state index contributed by atoms with van der Waals surface area (Å²) in [5.74, 6) is -0.260. The zero-order valence-electron chi connectivity index (χ0n) is 16.6. The van der Waals surface area contributed by atoms with Gasteiger partial charge in [-0.2, -0.15) is 0 Å². The molecule has 1 heterocycles. The lowest BCUT2D eigenvalue weighted by atomic mass is 10.0. The molecular formula is C20H25N3O5S2. The zero-order valence-corrected chi connectivity index (χ0v) is 18.2. The van der Waals surface area contributed by atoms with Crippen LogP contribution >= 0.6 is 0 Å². The largest absolute Gasteiger partial charge is 0.324 e. The van der Waals surface area contributed by atoms with Gasteiger partial charge in [-0.1, -0.05) is 30.3 Å². The number of nitrogens with zero attached hydrogens (tertiary/aromatic N) is 1. The first-order valence-electron chi connectivity index (χ1n) is 9.60. The Hall–Kier alpha value is -2.43. The SMILES string of the molecule is CCS(=O)(=O)Nc1ccc(NC(=O)C(c2ccccc2)N2CCS(=O)(=O)CC2)cc1. The van der Waals surface area contributed by atoms with Crippen LogP contribution in [0, 0.1) is 0 Å². The van der Waals surface area contributed by atoms with Gasteiger partial charge in [0.15, 0.2) is 9.84 Å². The summed E-state index contributed by atoms with van der Waals surface area (Å²) in [6, 6.07) is 15.0. The van der Waals surface area contributed by atoms with E-state index >= 15 is 0 Å². The summed E-state index contributed by atoms with van der Waals surface area (Å²) in [6.07, 6.45) is 0. The summed E-state index contributed by atoms with van der Waals surface area (Å²) in [5, 5.41) is 2.86. The lowest BCUT2D eigenvalue weighted by molar-refractivity contribution is -0.121. The van der Waals surface area contributed by atoms with E-state index in [4.69, 9.17) is 0 Å². The number of hydrogen-bond acceptors (Lipinski definition) is 6. The Bertz CT molecular complexity index is 1070. The molecular weight excluding hydrogens is 426 g/mol. The smallest absolute Gasteiger partial charge is 0.246 e. The Morgan fingerprint density at radius 2 is 1.57 bits per heavy atom. The Balaban J connectivity index is 1.77. The molecule has 30 heavy (non-hydrogen) atoms. The molecule has 1 aliphatic heterocycles. The van der Waals surface area contributed by atoms with Crippen LogP contribution in [0.4, 0.5) is 11.4 Å². The first-order chi connectivity index (χ1) is 14.2. The Morgan fingerprint density at radius 3 is 2.13 bits per heavy atom. The summed E-state index contributed by atoms with van der Waals surface area (Å²) in [6.45, 7) is 2.12. The van der Waals surface area contributed by atoms with Gasteiger partial charge < -0.3 is 5.32 Å².